The van der Waals surface area contributed by atoms with Gasteiger partial charge in [0, 0.05) is 6.54 Å². The van der Waals surface area contributed by atoms with E-state index in [0.29, 0.717) is 12.8 Å². The zero-order chi connectivity index (χ0) is 15.8. The van der Waals surface area contributed by atoms with Gasteiger partial charge in [0.05, 0.1) is 11.8 Å². The lowest BCUT2D eigenvalue weighted by atomic mass is 9.82. The third-order valence-corrected chi connectivity index (χ3v) is 4.20. The van der Waals surface area contributed by atoms with Crippen LogP contribution in [0.5, 0.6) is 0 Å². The number of halogens is 3. The molecular weight excluding hydrogens is 287 g/mol. The molecule has 0 aliphatic heterocycles. The van der Waals surface area contributed by atoms with Crippen LogP contribution in [0.4, 0.5) is 13.2 Å². The van der Waals surface area contributed by atoms with Crippen LogP contribution in [-0.2, 0) is 9.59 Å². The van der Waals surface area contributed by atoms with E-state index in [9.17, 15) is 27.9 Å². The zero-order valence-electron chi connectivity index (χ0n) is 11.6. The lowest BCUT2D eigenvalue weighted by molar-refractivity contribution is -0.167. The molecular formula is C14H18F3NO3. The fraction of sp³-hybridized carbons (Fsp3) is 0.714. The maximum absolute atomic E-state index is 12.6. The second kappa shape index (κ2) is 5.69. The van der Waals surface area contributed by atoms with Crippen molar-refractivity contribution in [1.82, 2.24) is 4.90 Å². The number of carboxylic acids is 1. The standard InChI is InChI=1S/C14H18F3NO3/c1-2-5-18(7-14(15,16)17)12(19)10-8-3-4-9(6-8)11(10)13(20)21/h3-4,8-11H,2,5-7H2,1H3,(H,20,21)/t8?,9?,10-,11+/m0/s1. The number of carboxylic acid groups (broad SMARTS) is 1. The predicted octanol–water partition coefficient (Wildman–Crippen LogP) is 2.31. The molecule has 2 unspecified atom stereocenters. The molecule has 2 aliphatic rings. The van der Waals surface area contributed by atoms with E-state index in [0.717, 1.165) is 4.90 Å². The summed E-state index contributed by atoms with van der Waals surface area (Å²) in [5, 5.41) is 9.27. The summed E-state index contributed by atoms with van der Waals surface area (Å²) in [6, 6.07) is 0. The largest absolute Gasteiger partial charge is 0.481 e. The monoisotopic (exact) mass is 305 g/mol. The highest BCUT2D eigenvalue weighted by Crippen LogP contribution is 2.48. The lowest BCUT2D eigenvalue weighted by Crippen LogP contribution is -2.46. The van der Waals surface area contributed by atoms with Crippen molar-refractivity contribution < 1.29 is 27.9 Å². The summed E-state index contributed by atoms with van der Waals surface area (Å²) in [5.41, 5.74) is 0. The molecule has 2 aliphatic carbocycles. The highest BCUT2D eigenvalue weighted by Gasteiger charge is 2.53. The van der Waals surface area contributed by atoms with E-state index in [1.807, 2.05) is 0 Å². The van der Waals surface area contributed by atoms with Gasteiger partial charge in [-0.1, -0.05) is 19.1 Å². The Kier molecular flexibility index (Phi) is 4.30. The van der Waals surface area contributed by atoms with Gasteiger partial charge < -0.3 is 10.0 Å². The minimum atomic E-state index is -4.48. The average molecular weight is 305 g/mol. The first-order valence-corrected chi connectivity index (χ1v) is 7.01. The van der Waals surface area contributed by atoms with E-state index in [1.165, 1.54) is 0 Å². The van der Waals surface area contributed by atoms with E-state index in [2.05, 4.69) is 0 Å². The predicted molar refractivity (Wildman–Crippen MR) is 68.3 cm³/mol. The molecule has 0 heterocycles. The van der Waals surface area contributed by atoms with Crippen molar-refractivity contribution in [3.8, 4) is 0 Å². The Morgan fingerprint density at radius 3 is 2.29 bits per heavy atom. The summed E-state index contributed by atoms with van der Waals surface area (Å²) in [5.74, 6) is -4.05. The molecule has 4 nitrogen and oxygen atoms in total. The van der Waals surface area contributed by atoms with Gasteiger partial charge in [0.1, 0.15) is 6.54 Å². The van der Waals surface area contributed by atoms with Gasteiger partial charge in [0.2, 0.25) is 5.91 Å². The number of hydrogen-bond donors (Lipinski definition) is 1. The van der Waals surface area contributed by atoms with E-state index in [1.54, 1.807) is 19.1 Å². The molecule has 0 saturated heterocycles. The molecule has 0 aromatic heterocycles. The van der Waals surface area contributed by atoms with Crippen LogP contribution in [0.2, 0.25) is 0 Å². The Labute approximate surface area is 120 Å². The number of allylic oxidation sites excluding steroid dienone is 2. The summed E-state index contributed by atoms with van der Waals surface area (Å²) >= 11 is 0. The van der Waals surface area contributed by atoms with Crippen molar-refractivity contribution >= 4 is 11.9 Å². The number of nitrogens with zero attached hydrogens (tertiary/aromatic N) is 1. The van der Waals surface area contributed by atoms with Crippen molar-refractivity contribution in [2.75, 3.05) is 13.1 Å². The molecule has 0 aromatic rings. The van der Waals surface area contributed by atoms with Crippen LogP contribution < -0.4 is 0 Å². The van der Waals surface area contributed by atoms with Gasteiger partial charge in [-0.05, 0) is 24.7 Å². The minimum absolute atomic E-state index is 0.0116. The lowest BCUT2D eigenvalue weighted by Gasteiger charge is -2.31. The first-order valence-electron chi connectivity index (χ1n) is 7.01. The van der Waals surface area contributed by atoms with Gasteiger partial charge in [0.25, 0.3) is 0 Å². The molecule has 1 N–H and O–H groups in total. The molecule has 2 rings (SSSR count). The maximum Gasteiger partial charge on any atom is 0.406 e. The van der Waals surface area contributed by atoms with E-state index in [-0.39, 0.29) is 18.4 Å². The zero-order valence-corrected chi connectivity index (χ0v) is 11.6. The highest BCUT2D eigenvalue weighted by molar-refractivity contribution is 5.87. The quantitative estimate of drug-likeness (QED) is 0.793. The Hall–Kier alpha value is -1.53. The smallest absolute Gasteiger partial charge is 0.406 e. The molecule has 118 valence electrons. The maximum atomic E-state index is 12.6. The first kappa shape index (κ1) is 15.9. The topological polar surface area (TPSA) is 57.6 Å². The number of amides is 1. The SMILES string of the molecule is CCCN(CC(F)(F)F)C(=O)[C@H]1C2C=CC(C2)[C@H]1C(=O)O. The summed E-state index contributed by atoms with van der Waals surface area (Å²) in [6.45, 7) is 0.359. The van der Waals surface area contributed by atoms with Crippen molar-refractivity contribution in [2.45, 2.75) is 25.9 Å². The van der Waals surface area contributed by atoms with Gasteiger partial charge in [-0.3, -0.25) is 9.59 Å². The van der Waals surface area contributed by atoms with Gasteiger partial charge in [0.15, 0.2) is 0 Å². The van der Waals surface area contributed by atoms with Crippen molar-refractivity contribution in [3.05, 3.63) is 12.2 Å². The number of carbonyl (C=O) groups is 2. The van der Waals surface area contributed by atoms with Crippen LogP contribution in [-0.4, -0.2) is 41.1 Å². The fourth-order valence-electron chi connectivity index (χ4n) is 3.46. The second-order valence-electron chi connectivity index (χ2n) is 5.71. The van der Waals surface area contributed by atoms with Crippen LogP contribution in [0.25, 0.3) is 0 Å². The minimum Gasteiger partial charge on any atom is -0.481 e. The van der Waals surface area contributed by atoms with Crippen LogP contribution in [0.3, 0.4) is 0 Å². The van der Waals surface area contributed by atoms with Crippen LogP contribution in [0.1, 0.15) is 19.8 Å². The van der Waals surface area contributed by atoms with Crippen molar-refractivity contribution in [3.63, 3.8) is 0 Å². The molecule has 1 fully saturated rings. The summed E-state index contributed by atoms with van der Waals surface area (Å²) in [6.07, 6.45) is -0.00187. The molecule has 1 amide bonds. The Morgan fingerprint density at radius 2 is 1.81 bits per heavy atom. The molecule has 0 radical (unpaired) electrons. The number of hydrogen-bond acceptors (Lipinski definition) is 2. The molecule has 0 spiro atoms. The third-order valence-electron chi connectivity index (χ3n) is 4.20. The molecule has 0 aromatic carbocycles. The molecule has 1 saturated carbocycles. The Balaban J connectivity index is 2.19. The summed E-state index contributed by atoms with van der Waals surface area (Å²) < 4.78 is 37.8. The second-order valence-corrected chi connectivity index (χ2v) is 5.71. The number of fused-ring (bicyclic) bond motifs is 2. The van der Waals surface area contributed by atoms with E-state index >= 15 is 0 Å². The molecule has 4 atom stereocenters. The normalized spacial score (nSPS) is 30.7. The summed E-state index contributed by atoms with van der Waals surface area (Å²) in [7, 11) is 0. The summed E-state index contributed by atoms with van der Waals surface area (Å²) in [4.78, 5) is 24.6. The molecule has 21 heavy (non-hydrogen) atoms. The van der Waals surface area contributed by atoms with Gasteiger partial charge in [-0.2, -0.15) is 13.2 Å². The molecule has 2 bridgehead atoms. The van der Waals surface area contributed by atoms with Gasteiger partial charge in [-0.15, -0.1) is 0 Å². The number of aliphatic carboxylic acids is 1. The van der Waals surface area contributed by atoms with E-state index < -0.39 is 36.4 Å². The van der Waals surface area contributed by atoms with Crippen molar-refractivity contribution in [1.29, 1.82) is 0 Å². The Morgan fingerprint density at radius 1 is 1.24 bits per heavy atom. The number of alkyl halides is 3. The third kappa shape index (κ3) is 3.22. The van der Waals surface area contributed by atoms with E-state index in [4.69, 9.17) is 0 Å². The number of carbonyl (C=O) groups excluding carboxylic acids is 1. The number of rotatable bonds is 5. The van der Waals surface area contributed by atoms with Crippen molar-refractivity contribution in [2.24, 2.45) is 23.7 Å². The van der Waals surface area contributed by atoms with Gasteiger partial charge >= 0.3 is 12.1 Å². The first-order chi connectivity index (χ1) is 9.74. The van der Waals surface area contributed by atoms with Crippen LogP contribution in [0, 0.1) is 23.7 Å². The van der Waals surface area contributed by atoms with Gasteiger partial charge in [-0.25, -0.2) is 0 Å². The Bertz CT molecular complexity index is 461. The van der Waals surface area contributed by atoms with Crippen LogP contribution in [0.15, 0.2) is 12.2 Å². The fourth-order valence-corrected chi connectivity index (χ4v) is 3.46. The van der Waals surface area contributed by atoms with Crippen LogP contribution >= 0.6 is 0 Å². The highest BCUT2D eigenvalue weighted by atomic mass is 19.4. The average Bonchev–Trinajstić information content (AvgIpc) is 2.95. The molecule has 7 heteroatoms.